The van der Waals surface area contributed by atoms with Crippen LogP contribution in [0, 0.1) is 0 Å². The molecule has 0 aliphatic heterocycles. The predicted octanol–water partition coefficient (Wildman–Crippen LogP) is 4.36. The number of nitrogens with zero attached hydrogens (tertiary/aromatic N) is 2. The molecule has 0 atom stereocenters. The second-order valence-corrected chi connectivity index (χ2v) is 7.72. The molecule has 2 amide bonds. The van der Waals surface area contributed by atoms with Crippen molar-refractivity contribution in [3.05, 3.63) is 108 Å². The second kappa shape index (κ2) is 10.9. The maximum Gasteiger partial charge on any atom is 0.274 e. The summed E-state index contributed by atoms with van der Waals surface area (Å²) in [5.74, 6) is -0.229. The lowest BCUT2D eigenvalue weighted by molar-refractivity contribution is -0.119. The van der Waals surface area contributed by atoms with Crippen LogP contribution in [0.5, 0.6) is 0 Å². The monoisotopic (exact) mass is 451 g/mol. The Morgan fingerprint density at radius 2 is 1.35 bits per heavy atom. The summed E-state index contributed by atoms with van der Waals surface area (Å²) in [6.45, 7) is 2.59. The molecule has 2 aromatic heterocycles. The van der Waals surface area contributed by atoms with E-state index in [2.05, 4.69) is 25.8 Å². The van der Waals surface area contributed by atoms with E-state index in [-0.39, 0.29) is 11.8 Å². The molecule has 7 heteroatoms. The Morgan fingerprint density at radius 1 is 0.765 bits per heavy atom. The topological polar surface area (TPSA) is 99.8 Å². The van der Waals surface area contributed by atoms with Crippen molar-refractivity contribution in [2.24, 2.45) is 0 Å². The average Bonchev–Trinajstić information content (AvgIpc) is 3.26. The Hall–Kier alpha value is -4.52. The van der Waals surface area contributed by atoms with Crippen LogP contribution in [0.2, 0.25) is 0 Å². The highest BCUT2D eigenvalue weighted by Gasteiger charge is 2.15. The Bertz CT molecular complexity index is 1400. The Balaban J connectivity index is 0.000000210. The zero-order valence-corrected chi connectivity index (χ0v) is 18.8. The lowest BCUT2D eigenvalue weighted by Crippen LogP contribution is -2.24. The Kier molecular flexibility index (Phi) is 7.25. The van der Waals surface area contributed by atoms with Crippen molar-refractivity contribution in [3.8, 4) is 0 Å². The lowest BCUT2D eigenvalue weighted by Gasteiger charge is -2.05. The molecule has 0 aliphatic carbocycles. The third-order valence-electron chi connectivity index (χ3n) is 5.22. The van der Waals surface area contributed by atoms with Gasteiger partial charge in [0, 0.05) is 36.3 Å². The van der Waals surface area contributed by atoms with Gasteiger partial charge in [-0.3, -0.25) is 9.59 Å². The Morgan fingerprint density at radius 3 is 2.00 bits per heavy atom. The zero-order chi connectivity index (χ0) is 23.8. The SMILES string of the molecule is CC(=O)NCc1ccccc1.O=C(NCc1ccccc1)c1nncc2c1[nH]c1ccccc12. The van der Waals surface area contributed by atoms with Crippen molar-refractivity contribution in [1.29, 1.82) is 0 Å². The van der Waals surface area contributed by atoms with E-state index in [1.165, 1.54) is 6.92 Å². The third kappa shape index (κ3) is 5.63. The highest BCUT2D eigenvalue weighted by atomic mass is 16.2. The number of nitrogens with one attached hydrogen (secondary N) is 3. The van der Waals surface area contributed by atoms with Crippen LogP contribution in [0.4, 0.5) is 0 Å². The molecule has 0 unspecified atom stereocenters. The summed E-state index contributed by atoms with van der Waals surface area (Å²) in [5, 5.41) is 15.6. The largest absolute Gasteiger partial charge is 0.352 e. The van der Waals surface area contributed by atoms with Gasteiger partial charge in [-0.05, 0) is 17.2 Å². The van der Waals surface area contributed by atoms with Crippen molar-refractivity contribution >= 4 is 33.6 Å². The number of para-hydroxylation sites is 1. The number of fused-ring (bicyclic) bond motifs is 3. The molecule has 7 nitrogen and oxygen atoms in total. The number of carbonyl (C=O) groups is 2. The van der Waals surface area contributed by atoms with Crippen LogP contribution in [-0.2, 0) is 17.9 Å². The molecule has 3 N–H and O–H groups in total. The minimum Gasteiger partial charge on any atom is -0.352 e. The fraction of sp³-hybridized carbons (Fsp3) is 0.111. The molecule has 0 fully saturated rings. The predicted molar refractivity (Wildman–Crippen MR) is 133 cm³/mol. The number of hydrogen-bond acceptors (Lipinski definition) is 4. The molecular weight excluding hydrogens is 426 g/mol. The number of amides is 2. The van der Waals surface area contributed by atoms with Crippen LogP contribution in [0.15, 0.2) is 91.1 Å². The van der Waals surface area contributed by atoms with Crippen molar-refractivity contribution in [3.63, 3.8) is 0 Å². The summed E-state index contributed by atoms with van der Waals surface area (Å²) in [5.41, 5.74) is 4.16. The number of H-pyrrole nitrogens is 1. The molecule has 34 heavy (non-hydrogen) atoms. The van der Waals surface area contributed by atoms with Crippen LogP contribution in [-0.4, -0.2) is 27.0 Å². The summed E-state index contributed by atoms with van der Waals surface area (Å²) < 4.78 is 0. The molecule has 170 valence electrons. The molecule has 0 bridgehead atoms. The van der Waals surface area contributed by atoms with Crippen molar-refractivity contribution in [2.75, 3.05) is 0 Å². The van der Waals surface area contributed by atoms with Gasteiger partial charge in [0.15, 0.2) is 5.69 Å². The summed E-state index contributed by atoms with van der Waals surface area (Å²) >= 11 is 0. The summed E-state index contributed by atoms with van der Waals surface area (Å²) in [7, 11) is 0. The van der Waals surface area contributed by atoms with E-state index in [9.17, 15) is 9.59 Å². The van der Waals surface area contributed by atoms with E-state index < -0.39 is 0 Å². The van der Waals surface area contributed by atoms with E-state index in [1.807, 2.05) is 84.9 Å². The van der Waals surface area contributed by atoms with E-state index >= 15 is 0 Å². The first-order valence-corrected chi connectivity index (χ1v) is 10.9. The summed E-state index contributed by atoms with van der Waals surface area (Å²) in [6, 6.07) is 27.5. The minimum absolute atomic E-state index is 0.00820. The molecular formula is C27H25N5O2. The van der Waals surface area contributed by atoms with Crippen LogP contribution >= 0.6 is 0 Å². The Labute approximate surface area is 197 Å². The quantitative estimate of drug-likeness (QED) is 0.370. The van der Waals surface area contributed by atoms with Gasteiger partial charge in [-0.15, -0.1) is 5.10 Å². The van der Waals surface area contributed by atoms with Crippen molar-refractivity contribution in [1.82, 2.24) is 25.8 Å². The van der Waals surface area contributed by atoms with E-state index in [0.29, 0.717) is 24.3 Å². The fourth-order valence-corrected chi connectivity index (χ4v) is 3.52. The van der Waals surface area contributed by atoms with E-state index in [4.69, 9.17) is 0 Å². The molecule has 0 aliphatic rings. The number of aromatic amines is 1. The number of aromatic nitrogens is 3. The van der Waals surface area contributed by atoms with Gasteiger partial charge in [0.2, 0.25) is 5.91 Å². The van der Waals surface area contributed by atoms with Crippen LogP contribution < -0.4 is 10.6 Å². The van der Waals surface area contributed by atoms with Crippen molar-refractivity contribution in [2.45, 2.75) is 20.0 Å². The van der Waals surface area contributed by atoms with Gasteiger partial charge in [-0.1, -0.05) is 78.9 Å². The van der Waals surface area contributed by atoms with E-state index in [1.54, 1.807) is 6.20 Å². The standard InChI is InChI=1S/C18H14N4O.C9H11NO/c23-18(19-10-12-6-2-1-3-7-12)17-16-14(11-20-22-17)13-8-4-5-9-15(13)21-16;1-8(11)10-7-9-5-3-2-4-6-9/h1-9,11,21H,10H2,(H,19,23);2-6H,7H2,1H3,(H,10,11). The molecule has 5 aromatic rings. The first-order chi connectivity index (χ1) is 16.6. The smallest absolute Gasteiger partial charge is 0.274 e. The van der Waals surface area contributed by atoms with Gasteiger partial charge in [0.05, 0.1) is 11.7 Å². The van der Waals surface area contributed by atoms with Gasteiger partial charge in [0.1, 0.15) is 0 Å². The van der Waals surface area contributed by atoms with Gasteiger partial charge in [-0.2, -0.15) is 5.10 Å². The molecule has 0 saturated heterocycles. The first-order valence-electron chi connectivity index (χ1n) is 10.9. The molecule has 3 aromatic carbocycles. The summed E-state index contributed by atoms with van der Waals surface area (Å²) in [4.78, 5) is 26.2. The molecule has 5 rings (SSSR count). The van der Waals surface area contributed by atoms with Gasteiger partial charge < -0.3 is 15.6 Å². The number of rotatable bonds is 5. The van der Waals surface area contributed by atoms with Crippen LogP contribution in [0.1, 0.15) is 28.5 Å². The third-order valence-corrected chi connectivity index (χ3v) is 5.22. The van der Waals surface area contributed by atoms with Gasteiger partial charge in [-0.25, -0.2) is 0 Å². The maximum absolute atomic E-state index is 12.5. The molecule has 0 radical (unpaired) electrons. The normalized spacial score (nSPS) is 10.4. The van der Waals surface area contributed by atoms with Crippen LogP contribution in [0.3, 0.4) is 0 Å². The highest BCUT2D eigenvalue weighted by molar-refractivity contribution is 6.13. The maximum atomic E-state index is 12.5. The summed E-state index contributed by atoms with van der Waals surface area (Å²) in [6.07, 6.45) is 1.68. The van der Waals surface area contributed by atoms with Crippen LogP contribution in [0.25, 0.3) is 21.8 Å². The van der Waals surface area contributed by atoms with Gasteiger partial charge >= 0.3 is 0 Å². The first kappa shape index (κ1) is 22.7. The lowest BCUT2D eigenvalue weighted by atomic mass is 10.2. The van der Waals surface area contributed by atoms with Gasteiger partial charge in [0.25, 0.3) is 5.91 Å². The molecule has 0 spiro atoms. The zero-order valence-electron chi connectivity index (χ0n) is 18.8. The average molecular weight is 452 g/mol. The minimum atomic E-state index is -0.237. The second-order valence-electron chi connectivity index (χ2n) is 7.72. The number of hydrogen-bond donors (Lipinski definition) is 3. The van der Waals surface area contributed by atoms with Crippen molar-refractivity contribution < 1.29 is 9.59 Å². The highest BCUT2D eigenvalue weighted by Crippen LogP contribution is 2.25. The fourth-order valence-electron chi connectivity index (χ4n) is 3.52. The number of benzene rings is 3. The molecule has 2 heterocycles. The molecule has 0 saturated carbocycles. The van der Waals surface area contributed by atoms with E-state index in [0.717, 1.165) is 27.4 Å². The number of carbonyl (C=O) groups excluding carboxylic acids is 2.